The zero-order valence-electron chi connectivity index (χ0n) is 13.0. The van der Waals surface area contributed by atoms with Crippen LogP contribution in [0.1, 0.15) is 43.2 Å². The van der Waals surface area contributed by atoms with E-state index in [1.54, 1.807) is 6.92 Å². The van der Waals surface area contributed by atoms with Gasteiger partial charge in [-0.1, -0.05) is 6.92 Å². The molecule has 0 aliphatic carbocycles. The van der Waals surface area contributed by atoms with Crippen molar-refractivity contribution in [1.82, 2.24) is 9.27 Å². The molecule has 0 aliphatic rings. The molecule has 0 aliphatic heterocycles. The van der Waals surface area contributed by atoms with E-state index in [4.69, 9.17) is 4.74 Å². The molecule has 1 aromatic rings. The molecule has 6 heteroatoms. The number of aryl methyl sites for hydroxylation is 1. The number of nitrogens with zero attached hydrogens (tertiary/aromatic N) is 2. The van der Waals surface area contributed by atoms with E-state index in [-0.39, 0.29) is 5.97 Å². The summed E-state index contributed by atoms with van der Waals surface area (Å²) in [4.78, 5) is 14.2. The van der Waals surface area contributed by atoms with Gasteiger partial charge >= 0.3 is 5.97 Å². The number of esters is 1. The fourth-order valence-electron chi connectivity index (χ4n) is 1.81. The number of aromatic nitrogens is 1. The topological polar surface area (TPSA) is 54.5 Å². The van der Waals surface area contributed by atoms with Crippen molar-refractivity contribution >= 4 is 22.5 Å². The van der Waals surface area contributed by atoms with Crippen molar-refractivity contribution in [1.29, 1.82) is 0 Å². The molecule has 1 unspecified atom stereocenters. The second-order valence-corrected chi connectivity index (χ2v) is 5.63. The van der Waals surface area contributed by atoms with Crippen molar-refractivity contribution in [3.63, 3.8) is 0 Å². The Labute approximate surface area is 125 Å². The maximum absolute atomic E-state index is 11.9. The van der Waals surface area contributed by atoms with Crippen molar-refractivity contribution in [3.05, 3.63) is 11.3 Å². The van der Waals surface area contributed by atoms with Crippen molar-refractivity contribution in [2.75, 3.05) is 32.1 Å². The summed E-state index contributed by atoms with van der Waals surface area (Å²) < 4.78 is 9.30. The number of rotatable bonds is 8. The first-order chi connectivity index (χ1) is 9.51. The highest BCUT2D eigenvalue weighted by atomic mass is 32.1. The molecule has 0 spiro atoms. The van der Waals surface area contributed by atoms with E-state index in [2.05, 4.69) is 35.5 Å². The molecule has 0 radical (unpaired) electrons. The maximum atomic E-state index is 11.9. The van der Waals surface area contributed by atoms with Crippen LogP contribution in [0.2, 0.25) is 0 Å². The van der Waals surface area contributed by atoms with E-state index in [9.17, 15) is 4.79 Å². The van der Waals surface area contributed by atoms with Crippen LogP contribution < -0.4 is 5.32 Å². The van der Waals surface area contributed by atoms with E-state index in [1.807, 2.05) is 6.92 Å². The van der Waals surface area contributed by atoms with Gasteiger partial charge in [-0.15, -0.1) is 0 Å². The van der Waals surface area contributed by atoms with Gasteiger partial charge < -0.3 is 15.0 Å². The summed E-state index contributed by atoms with van der Waals surface area (Å²) in [6, 6.07) is 0.560. The van der Waals surface area contributed by atoms with Gasteiger partial charge in [-0.25, -0.2) is 4.79 Å². The van der Waals surface area contributed by atoms with E-state index >= 15 is 0 Å². The molecule has 0 saturated carbocycles. The van der Waals surface area contributed by atoms with E-state index in [0.717, 1.165) is 30.2 Å². The van der Waals surface area contributed by atoms with Gasteiger partial charge in [0.1, 0.15) is 10.6 Å². The zero-order valence-corrected chi connectivity index (χ0v) is 13.8. The van der Waals surface area contributed by atoms with Gasteiger partial charge in [0, 0.05) is 19.1 Å². The number of hydrogen-bond acceptors (Lipinski definition) is 6. The Morgan fingerprint density at radius 2 is 2.20 bits per heavy atom. The van der Waals surface area contributed by atoms with Crippen LogP contribution in [0, 0.1) is 6.92 Å². The molecular weight excluding hydrogens is 274 g/mol. The van der Waals surface area contributed by atoms with Crippen LogP contribution in [-0.4, -0.2) is 48.0 Å². The van der Waals surface area contributed by atoms with Crippen molar-refractivity contribution in [3.8, 4) is 0 Å². The molecule has 5 nitrogen and oxygen atoms in total. The molecule has 0 amide bonds. The first-order valence-corrected chi connectivity index (χ1v) is 7.86. The molecule has 1 heterocycles. The Morgan fingerprint density at radius 1 is 1.50 bits per heavy atom. The highest BCUT2D eigenvalue weighted by molar-refractivity contribution is 7.10. The first kappa shape index (κ1) is 16.9. The largest absolute Gasteiger partial charge is 0.462 e. The minimum absolute atomic E-state index is 0.295. The number of carbonyl (C=O) groups is 1. The molecule has 1 rings (SSSR count). The fraction of sp³-hybridized carbons (Fsp3) is 0.714. The number of anilines is 1. The lowest BCUT2D eigenvalue weighted by Crippen LogP contribution is -2.32. The SMILES string of the molecule is CCOC(=O)c1c(C)nsc1NCCN(C)C(C)CC. The molecule has 20 heavy (non-hydrogen) atoms. The summed E-state index contributed by atoms with van der Waals surface area (Å²) in [6.07, 6.45) is 1.13. The average molecular weight is 299 g/mol. The van der Waals surface area contributed by atoms with Gasteiger partial charge in [0.25, 0.3) is 0 Å². The van der Waals surface area contributed by atoms with Crippen molar-refractivity contribution in [2.45, 2.75) is 40.2 Å². The van der Waals surface area contributed by atoms with Crippen LogP contribution in [0.15, 0.2) is 0 Å². The molecule has 0 fully saturated rings. The summed E-state index contributed by atoms with van der Waals surface area (Å²) in [5.41, 5.74) is 1.30. The van der Waals surface area contributed by atoms with Crippen LogP contribution in [0.4, 0.5) is 5.00 Å². The first-order valence-electron chi connectivity index (χ1n) is 7.08. The Hall–Kier alpha value is -1.14. The monoisotopic (exact) mass is 299 g/mol. The minimum Gasteiger partial charge on any atom is -0.462 e. The van der Waals surface area contributed by atoms with Crippen LogP contribution in [-0.2, 0) is 4.74 Å². The number of carbonyl (C=O) groups excluding carboxylic acids is 1. The number of nitrogens with one attached hydrogen (secondary N) is 1. The van der Waals surface area contributed by atoms with E-state index < -0.39 is 0 Å². The second-order valence-electron chi connectivity index (χ2n) is 4.86. The van der Waals surface area contributed by atoms with Crippen LogP contribution >= 0.6 is 11.5 Å². The highest BCUT2D eigenvalue weighted by Crippen LogP contribution is 2.25. The van der Waals surface area contributed by atoms with Crippen LogP contribution in [0.3, 0.4) is 0 Å². The fourth-order valence-corrected chi connectivity index (χ4v) is 2.62. The Balaban J connectivity index is 2.58. The van der Waals surface area contributed by atoms with Gasteiger partial charge in [0.2, 0.25) is 0 Å². The number of ether oxygens (including phenoxy) is 1. The predicted molar refractivity (Wildman–Crippen MR) is 83.7 cm³/mol. The molecule has 1 aromatic heterocycles. The summed E-state index contributed by atoms with van der Waals surface area (Å²) >= 11 is 1.32. The molecular formula is C14H25N3O2S. The average Bonchev–Trinajstić information content (AvgIpc) is 2.79. The van der Waals surface area contributed by atoms with Crippen molar-refractivity contribution < 1.29 is 9.53 Å². The minimum atomic E-state index is -0.295. The third kappa shape index (κ3) is 4.45. The highest BCUT2D eigenvalue weighted by Gasteiger charge is 2.19. The third-order valence-electron chi connectivity index (χ3n) is 3.44. The standard InChI is InChI=1S/C14H25N3O2S/c1-6-10(3)17(5)9-8-15-13-12(11(4)16-20-13)14(18)19-7-2/h10,15H,6-9H2,1-5H3. The summed E-state index contributed by atoms with van der Waals surface area (Å²) in [7, 11) is 2.11. The normalized spacial score (nSPS) is 12.5. The van der Waals surface area contributed by atoms with Gasteiger partial charge in [0.15, 0.2) is 0 Å². The summed E-state index contributed by atoms with van der Waals surface area (Å²) in [5, 5.41) is 4.10. The van der Waals surface area contributed by atoms with Gasteiger partial charge in [0.05, 0.1) is 12.3 Å². The lowest BCUT2D eigenvalue weighted by atomic mass is 10.2. The maximum Gasteiger partial charge on any atom is 0.343 e. The number of hydrogen-bond donors (Lipinski definition) is 1. The summed E-state index contributed by atoms with van der Waals surface area (Å²) in [5.74, 6) is -0.295. The Morgan fingerprint density at radius 3 is 2.80 bits per heavy atom. The smallest absolute Gasteiger partial charge is 0.343 e. The van der Waals surface area contributed by atoms with Gasteiger partial charge in [-0.3, -0.25) is 0 Å². The van der Waals surface area contributed by atoms with E-state index in [1.165, 1.54) is 11.5 Å². The number of likely N-dealkylation sites (N-methyl/N-ethyl adjacent to an activating group) is 1. The van der Waals surface area contributed by atoms with Gasteiger partial charge in [-0.05, 0) is 45.8 Å². The molecule has 0 bridgehead atoms. The van der Waals surface area contributed by atoms with Crippen LogP contribution in [0.25, 0.3) is 0 Å². The Kier molecular flexibility index (Phi) is 6.95. The Bertz CT molecular complexity index is 434. The predicted octanol–water partition coefficient (Wildman–Crippen LogP) is 2.77. The summed E-state index contributed by atoms with van der Waals surface area (Å²) in [6.45, 7) is 10.1. The lowest BCUT2D eigenvalue weighted by Gasteiger charge is -2.23. The quantitative estimate of drug-likeness (QED) is 0.748. The van der Waals surface area contributed by atoms with Crippen molar-refractivity contribution in [2.24, 2.45) is 0 Å². The van der Waals surface area contributed by atoms with Gasteiger partial charge in [-0.2, -0.15) is 4.37 Å². The van der Waals surface area contributed by atoms with E-state index in [0.29, 0.717) is 18.2 Å². The molecule has 1 N–H and O–H groups in total. The molecule has 0 saturated heterocycles. The molecule has 114 valence electrons. The van der Waals surface area contributed by atoms with Crippen LogP contribution in [0.5, 0.6) is 0 Å². The zero-order chi connectivity index (χ0) is 15.1. The third-order valence-corrected chi connectivity index (χ3v) is 4.33. The molecule has 1 atom stereocenters. The second kappa shape index (κ2) is 8.21. The molecule has 0 aromatic carbocycles. The lowest BCUT2D eigenvalue weighted by molar-refractivity contribution is 0.0527.